The van der Waals surface area contributed by atoms with Crippen molar-refractivity contribution in [1.29, 1.82) is 0 Å². The van der Waals surface area contributed by atoms with E-state index in [1.54, 1.807) is 0 Å². The predicted molar refractivity (Wildman–Crippen MR) is 115 cm³/mol. The monoisotopic (exact) mass is 403 g/mol. The predicted octanol–water partition coefficient (Wildman–Crippen LogP) is 3.92. The second kappa shape index (κ2) is 13.2. The van der Waals surface area contributed by atoms with Gasteiger partial charge in [0.15, 0.2) is 0 Å². The van der Waals surface area contributed by atoms with Crippen LogP contribution in [0, 0.1) is 11.8 Å². The standard InChI is InChI=1S/C20H33N3O.2ClH/c1-16-13-17(2)15-23(14-16)12-6-5-11-22-20(24)10-9-18-7-3-4-8-19(18)21;;/h3-4,7-8,16-17H,5-6,9-15,21H2,1-2H3,(H,22,24);2*1H. The molecule has 2 rings (SSSR count). The molecule has 1 fully saturated rings. The number of rotatable bonds is 8. The van der Waals surface area contributed by atoms with Gasteiger partial charge in [0.2, 0.25) is 5.91 Å². The van der Waals surface area contributed by atoms with Crippen molar-refractivity contribution in [3.05, 3.63) is 29.8 Å². The minimum Gasteiger partial charge on any atom is -0.399 e. The first-order valence-corrected chi connectivity index (χ1v) is 9.37. The second-order valence-electron chi connectivity index (χ2n) is 7.46. The van der Waals surface area contributed by atoms with Gasteiger partial charge in [-0.25, -0.2) is 0 Å². The number of halogens is 2. The first-order chi connectivity index (χ1) is 11.5. The number of aryl methyl sites for hydroxylation is 1. The number of hydrogen-bond donors (Lipinski definition) is 2. The van der Waals surface area contributed by atoms with E-state index in [1.165, 1.54) is 19.5 Å². The number of nitrogens with two attached hydrogens (primary N) is 1. The summed E-state index contributed by atoms with van der Waals surface area (Å²) in [5.74, 6) is 1.76. The molecule has 6 heteroatoms. The fourth-order valence-electron chi connectivity index (χ4n) is 3.76. The molecule has 4 nitrogen and oxygen atoms in total. The van der Waals surface area contributed by atoms with Crippen LogP contribution in [-0.4, -0.2) is 37.0 Å². The van der Waals surface area contributed by atoms with Crippen LogP contribution in [0.2, 0.25) is 0 Å². The van der Waals surface area contributed by atoms with Gasteiger partial charge in [-0.05, 0) is 55.7 Å². The highest BCUT2D eigenvalue weighted by Gasteiger charge is 2.20. The third-order valence-electron chi connectivity index (χ3n) is 4.84. The number of nitrogens with one attached hydrogen (secondary N) is 1. The first-order valence-electron chi connectivity index (χ1n) is 9.37. The highest BCUT2D eigenvalue weighted by Crippen LogP contribution is 2.21. The molecule has 0 bridgehead atoms. The largest absolute Gasteiger partial charge is 0.399 e. The van der Waals surface area contributed by atoms with Gasteiger partial charge in [-0.2, -0.15) is 0 Å². The molecule has 150 valence electrons. The maximum Gasteiger partial charge on any atom is 0.220 e. The van der Waals surface area contributed by atoms with Gasteiger partial charge >= 0.3 is 0 Å². The number of nitrogen functional groups attached to an aromatic ring is 1. The minimum atomic E-state index is 0. The van der Waals surface area contributed by atoms with Crippen molar-refractivity contribution in [3.8, 4) is 0 Å². The molecule has 0 spiro atoms. The van der Waals surface area contributed by atoms with Crippen LogP contribution in [0.1, 0.15) is 45.1 Å². The molecule has 1 amide bonds. The summed E-state index contributed by atoms with van der Waals surface area (Å²) >= 11 is 0. The van der Waals surface area contributed by atoms with Gasteiger partial charge in [0.1, 0.15) is 0 Å². The maximum atomic E-state index is 11.9. The van der Waals surface area contributed by atoms with Gasteiger partial charge in [-0.3, -0.25) is 4.79 Å². The van der Waals surface area contributed by atoms with Crippen LogP contribution in [-0.2, 0) is 11.2 Å². The number of carbonyl (C=O) groups excluding carboxylic acids is 1. The molecule has 26 heavy (non-hydrogen) atoms. The number of carbonyl (C=O) groups is 1. The Hall–Kier alpha value is -0.970. The lowest BCUT2D eigenvalue weighted by molar-refractivity contribution is -0.121. The zero-order valence-corrected chi connectivity index (χ0v) is 17.7. The highest BCUT2D eigenvalue weighted by molar-refractivity contribution is 5.85. The van der Waals surface area contributed by atoms with Crippen LogP contribution >= 0.6 is 24.8 Å². The van der Waals surface area contributed by atoms with Crippen LogP contribution in [0.4, 0.5) is 5.69 Å². The lowest BCUT2D eigenvalue weighted by Crippen LogP contribution is -2.39. The van der Waals surface area contributed by atoms with Gasteiger partial charge in [0, 0.05) is 31.7 Å². The van der Waals surface area contributed by atoms with Crippen LogP contribution in [0.5, 0.6) is 0 Å². The molecule has 2 unspecified atom stereocenters. The van der Waals surface area contributed by atoms with Crippen molar-refractivity contribution in [2.24, 2.45) is 11.8 Å². The van der Waals surface area contributed by atoms with Crippen molar-refractivity contribution in [2.75, 3.05) is 31.9 Å². The van der Waals surface area contributed by atoms with E-state index < -0.39 is 0 Å². The molecule has 1 aromatic carbocycles. The normalized spacial score (nSPS) is 19.9. The Labute approximate surface area is 171 Å². The Bertz CT molecular complexity index is 518. The average molecular weight is 404 g/mol. The summed E-state index contributed by atoms with van der Waals surface area (Å²) in [5.41, 5.74) is 7.73. The molecule has 0 aliphatic carbocycles. The van der Waals surface area contributed by atoms with E-state index in [4.69, 9.17) is 5.73 Å². The van der Waals surface area contributed by atoms with E-state index in [9.17, 15) is 4.79 Å². The Morgan fingerprint density at radius 1 is 1.15 bits per heavy atom. The summed E-state index contributed by atoms with van der Waals surface area (Å²) in [4.78, 5) is 14.5. The van der Waals surface area contributed by atoms with Gasteiger partial charge in [0.25, 0.3) is 0 Å². The van der Waals surface area contributed by atoms with Gasteiger partial charge in [-0.1, -0.05) is 32.0 Å². The zero-order valence-electron chi connectivity index (χ0n) is 16.1. The Morgan fingerprint density at radius 2 is 1.81 bits per heavy atom. The summed E-state index contributed by atoms with van der Waals surface area (Å²) in [7, 11) is 0. The van der Waals surface area contributed by atoms with E-state index in [0.717, 1.165) is 49.0 Å². The molecule has 0 radical (unpaired) electrons. The number of unbranched alkanes of at least 4 members (excludes halogenated alkanes) is 1. The van der Waals surface area contributed by atoms with E-state index in [-0.39, 0.29) is 30.7 Å². The molecule has 1 saturated heterocycles. The molecule has 1 heterocycles. The number of para-hydroxylation sites is 1. The van der Waals surface area contributed by atoms with E-state index in [2.05, 4.69) is 24.1 Å². The number of piperidine rings is 1. The molecule has 1 aromatic rings. The quantitative estimate of drug-likeness (QED) is 0.510. The summed E-state index contributed by atoms with van der Waals surface area (Å²) in [6.07, 6.45) is 4.79. The van der Waals surface area contributed by atoms with Crippen molar-refractivity contribution in [2.45, 2.75) is 46.0 Å². The zero-order chi connectivity index (χ0) is 17.4. The fraction of sp³-hybridized carbons (Fsp3) is 0.650. The minimum absolute atomic E-state index is 0. The maximum absolute atomic E-state index is 11.9. The summed E-state index contributed by atoms with van der Waals surface area (Å²) in [5, 5.41) is 3.03. The second-order valence-corrected chi connectivity index (χ2v) is 7.46. The van der Waals surface area contributed by atoms with Crippen LogP contribution in [0.25, 0.3) is 0 Å². The van der Waals surface area contributed by atoms with E-state index in [0.29, 0.717) is 12.8 Å². The number of nitrogens with zero attached hydrogens (tertiary/aromatic N) is 1. The smallest absolute Gasteiger partial charge is 0.220 e. The lowest BCUT2D eigenvalue weighted by Gasteiger charge is -2.34. The summed E-state index contributed by atoms with van der Waals surface area (Å²) in [6, 6.07) is 7.76. The summed E-state index contributed by atoms with van der Waals surface area (Å²) in [6.45, 7) is 9.10. The Kier molecular flexibility index (Phi) is 12.7. The molecular formula is C20H35Cl2N3O. The van der Waals surface area contributed by atoms with Gasteiger partial charge in [-0.15, -0.1) is 24.8 Å². The highest BCUT2D eigenvalue weighted by atomic mass is 35.5. The fourth-order valence-corrected chi connectivity index (χ4v) is 3.76. The van der Waals surface area contributed by atoms with Gasteiger partial charge < -0.3 is 16.0 Å². The van der Waals surface area contributed by atoms with Crippen molar-refractivity contribution < 1.29 is 4.79 Å². The van der Waals surface area contributed by atoms with Crippen molar-refractivity contribution >= 4 is 36.4 Å². The number of anilines is 1. The lowest BCUT2D eigenvalue weighted by atomic mass is 9.92. The van der Waals surface area contributed by atoms with Crippen LogP contribution in [0.15, 0.2) is 24.3 Å². The van der Waals surface area contributed by atoms with E-state index in [1.807, 2.05) is 24.3 Å². The third kappa shape index (κ3) is 9.11. The molecule has 3 N–H and O–H groups in total. The SMILES string of the molecule is CC1CC(C)CN(CCCCNC(=O)CCc2ccccc2N)C1.Cl.Cl. The molecular weight excluding hydrogens is 369 g/mol. The number of benzene rings is 1. The average Bonchev–Trinajstić information content (AvgIpc) is 2.53. The Balaban J connectivity index is 0.00000312. The van der Waals surface area contributed by atoms with Crippen LogP contribution < -0.4 is 11.1 Å². The van der Waals surface area contributed by atoms with E-state index >= 15 is 0 Å². The number of hydrogen-bond acceptors (Lipinski definition) is 3. The Morgan fingerprint density at radius 3 is 2.46 bits per heavy atom. The molecule has 1 aliphatic rings. The molecule has 1 aliphatic heterocycles. The summed E-state index contributed by atoms with van der Waals surface area (Å²) < 4.78 is 0. The van der Waals surface area contributed by atoms with Crippen molar-refractivity contribution in [3.63, 3.8) is 0 Å². The van der Waals surface area contributed by atoms with Crippen molar-refractivity contribution in [1.82, 2.24) is 10.2 Å². The molecule has 0 aromatic heterocycles. The molecule has 2 atom stereocenters. The van der Waals surface area contributed by atoms with Gasteiger partial charge in [0.05, 0.1) is 0 Å². The topological polar surface area (TPSA) is 58.4 Å². The third-order valence-corrected chi connectivity index (χ3v) is 4.84. The number of likely N-dealkylation sites (tertiary alicyclic amines) is 1. The molecule has 0 saturated carbocycles. The number of amides is 1. The first kappa shape index (κ1) is 25.0. The van der Waals surface area contributed by atoms with Crippen LogP contribution in [0.3, 0.4) is 0 Å².